The largest absolute Gasteiger partial charge is 0.421 e. The Morgan fingerprint density at radius 3 is 3.00 bits per heavy atom. The molecule has 0 amide bonds. The fourth-order valence-electron chi connectivity index (χ4n) is 1.97. The van der Waals surface area contributed by atoms with Crippen LogP contribution in [0.3, 0.4) is 0 Å². The molecule has 2 aromatic rings. The number of oxazole rings is 1. The van der Waals surface area contributed by atoms with Crippen molar-refractivity contribution in [2.24, 2.45) is 0 Å². The highest BCUT2D eigenvalue weighted by atomic mass is 79.9. The van der Waals surface area contributed by atoms with Gasteiger partial charge in [-0.25, -0.2) is 4.79 Å². The molecule has 0 saturated carbocycles. The van der Waals surface area contributed by atoms with Gasteiger partial charge in [-0.05, 0) is 31.7 Å². The van der Waals surface area contributed by atoms with Crippen LogP contribution in [0.15, 0.2) is 31.9 Å². The minimum absolute atomic E-state index is 0.327. The zero-order valence-corrected chi connectivity index (χ0v) is 12.6. The summed E-state index contributed by atoms with van der Waals surface area (Å²) in [4.78, 5) is 13.9. The van der Waals surface area contributed by atoms with Crippen LogP contribution in [0.2, 0.25) is 0 Å². The van der Waals surface area contributed by atoms with Gasteiger partial charge in [0.25, 0.3) is 0 Å². The smallest absolute Gasteiger partial charge is 0.408 e. The summed E-state index contributed by atoms with van der Waals surface area (Å²) in [5, 5.41) is 0. The standard InChI is InChI=1S/C13H17BrN2O3/c1-15(6-3-7-18-2)9-16-11-5-4-10(14)8-12(11)19-13(16)17/h4-5,8H,3,6-7,9H2,1-2H3. The third-order valence-corrected chi connectivity index (χ3v) is 3.39. The summed E-state index contributed by atoms with van der Waals surface area (Å²) in [6.45, 7) is 2.10. The van der Waals surface area contributed by atoms with Gasteiger partial charge in [-0.15, -0.1) is 0 Å². The van der Waals surface area contributed by atoms with E-state index in [4.69, 9.17) is 9.15 Å². The fourth-order valence-corrected chi connectivity index (χ4v) is 2.31. The molecule has 104 valence electrons. The van der Waals surface area contributed by atoms with Crippen LogP contribution in [0, 0.1) is 0 Å². The van der Waals surface area contributed by atoms with Crippen molar-refractivity contribution in [1.82, 2.24) is 9.47 Å². The molecule has 0 unspecified atom stereocenters. The van der Waals surface area contributed by atoms with Crippen LogP contribution in [0.25, 0.3) is 11.1 Å². The van der Waals surface area contributed by atoms with E-state index in [9.17, 15) is 4.79 Å². The number of aromatic nitrogens is 1. The van der Waals surface area contributed by atoms with Crippen molar-refractivity contribution in [3.63, 3.8) is 0 Å². The number of hydrogen-bond donors (Lipinski definition) is 0. The van der Waals surface area contributed by atoms with Crippen LogP contribution < -0.4 is 5.76 Å². The highest BCUT2D eigenvalue weighted by Gasteiger charge is 2.11. The van der Waals surface area contributed by atoms with Gasteiger partial charge in [0.1, 0.15) is 0 Å². The average molecular weight is 329 g/mol. The first-order valence-corrected chi connectivity index (χ1v) is 6.87. The molecule has 1 aromatic carbocycles. The van der Waals surface area contributed by atoms with Gasteiger partial charge in [0.05, 0.1) is 12.2 Å². The van der Waals surface area contributed by atoms with E-state index in [1.165, 1.54) is 0 Å². The molecule has 0 aliphatic rings. The van der Waals surface area contributed by atoms with E-state index >= 15 is 0 Å². The summed E-state index contributed by atoms with van der Waals surface area (Å²) in [6, 6.07) is 5.59. The van der Waals surface area contributed by atoms with E-state index in [-0.39, 0.29) is 5.76 Å². The fraction of sp³-hybridized carbons (Fsp3) is 0.462. The minimum atomic E-state index is -0.327. The van der Waals surface area contributed by atoms with Crippen LogP contribution in [-0.2, 0) is 11.4 Å². The van der Waals surface area contributed by atoms with E-state index < -0.39 is 0 Å². The zero-order chi connectivity index (χ0) is 13.8. The molecule has 6 heteroatoms. The highest BCUT2D eigenvalue weighted by molar-refractivity contribution is 9.10. The van der Waals surface area contributed by atoms with Gasteiger partial charge in [-0.1, -0.05) is 15.9 Å². The van der Waals surface area contributed by atoms with Gasteiger partial charge >= 0.3 is 5.76 Å². The number of halogens is 1. The van der Waals surface area contributed by atoms with Crippen molar-refractivity contribution in [3.8, 4) is 0 Å². The van der Waals surface area contributed by atoms with E-state index in [1.807, 2.05) is 19.2 Å². The predicted octanol–water partition coefficient (Wildman–Crippen LogP) is 2.28. The molecule has 0 aliphatic carbocycles. The Hall–Kier alpha value is -1.11. The molecule has 2 rings (SSSR count). The molecule has 19 heavy (non-hydrogen) atoms. The molecule has 0 saturated heterocycles. The topological polar surface area (TPSA) is 47.6 Å². The third kappa shape index (κ3) is 3.46. The van der Waals surface area contributed by atoms with Crippen molar-refractivity contribution >= 4 is 27.0 Å². The number of nitrogens with zero attached hydrogens (tertiary/aromatic N) is 2. The van der Waals surface area contributed by atoms with Crippen LogP contribution in [0.4, 0.5) is 0 Å². The van der Waals surface area contributed by atoms with Crippen molar-refractivity contribution in [3.05, 3.63) is 33.2 Å². The van der Waals surface area contributed by atoms with Crippen molar-refractivity contribution in [1.29, 1.82) is 0 Å². The number of hydrogen-bond acceptors (Lipinski definition) is 4. The number of methoxy groups -OCH3 is 1. The summed E-state index contributed by atoms with van der Waals surface area (Å²) < 4.78 is 12.8. The lowest BCUT2D eigenvalue weighted by atomic mass is 10.3. The SMILES string of the molecule is COCCCN(C)Cn1c(=O)oc2cc(Br)ccc21. The molecule has 1 aromatic heterocycles. The maximum absolute atomic E-state index is 11.8. The van der Waals surface area contributed by atoms with Crippen LogP contribution >= 0.6 is 15.9 Å². The molecular formula is C13H17BrN2O3. The molecule has 0 spiro atoms. The average Bonchev–Trinajstić information content (AvgIpc) is 2.65. The summed E-state index contributed by atoms with van der Waals surface area (Å²) >= 11 is 3.36. The zero-order valence-electron chi connectivity index (χ0n) is 11.1. The molecule has 0 atom stereocenters. The summed E-state index contributed by atoms with van der Waals surface area (Å²) in [6.07, 6.45) is 0.934. The molecule has 1 heterocycles. The lowest BCUT2D eigenvalue weighted by Gasteiger charge is -2.16. The number of fused-ring (bicyclic) bond motifs is 1. The quantitative estimate of drug-likeness (QED) is 0.763. The Kier molecular flexibility index (Phi) is 4.79. The Balaban J connectivity index is 2.16. The van der Waals surface area contributed by atoms with Crippen LogP contribution in [0.5, 0.6) is 0 Å². The second-order valence-electron chi connectivity index (χ2n) is 4.48. The first kappa shape index (κ1) is 14.3. The van der Waals surface area contributed by atoms with Gasteiger partial charge in [0.2, 0.25) is 0 Å². The van der Waals surface area contributed by atoms with Crippen LogP contribution in [-0.4, -0.2) is 36.8 Å². The molecular weight excluding hydrogens is 312 g/mol. The summed E-state index contributed by atoms with van der Waals surface area (Å²) in [5.74, 6) is -0.327. The monoisotopic (exact) mass is 328 g/mol. The second kappa shape index (κ2) is 6.36. The summed E-state index contributed by atoms with van der Waals surface area (Å²) in [7, 11) is 3.66. The van der Waals surface area contributed by atoms with Gasteiger partial charge < -0.3 is 9.15 Å². The number of rotatable bonds is 6. The van der Waals surface area contributed by atoms with E-state index in [0.29, 0.717) is 12.3 Å². The van der Waals surface area contributed by atoms with Crippen molar-refractivity contribution < 1.29 is 9.15 Å². The van der Waals surface area contributed by atoms with E-state index in [1.54, 1.807) is 17.7 Å². The van der Waals surface area contributed by atoms with Crippen molar-refractivity contribution in [2.75, 3.05) is 27.3 Å². The van der Waals surface area contributed by atoms with Gasteiger partial charge in [0.15, 0.2) is 5.58 Å². The van der Waals surface area contributed by atoms with Crippen molar-refractivity contribution in [2.45, 2.75) is 13.1 Å². The maximum atomic E-state index is 11.8. The van der Waals surface area contributed by atoms with Gasteiger partial charge in [-0.2, -0.15) is 0 Å². The Labute approximate surface area is 119 Å². The minimum Gasteiger partial charge on any atom is -0.408 e. The number of benzene rings is 1. The van der Waals surface area contributed by atoms with Gasteiger partial charge in [0, 0.05) is 24.7 Å². The highest BCUT2D eigenvalue weighted by Crippen LogP contribution is 2.18. The van der Waals surface area contributed by atoms with Crippen LogP contribution in [0.1, 0.15) is 6.42 Å². The third-order valence-electron chi connectivity index (χ3n) is 2.90. The lowest BCUT2D eigenvalue weighted by molar-refractivity contribution is 0.170. The van der Waals surface area contributed by atoms with E-state index in [0.717, 1.165) is 29.6 Å². The van der Waals surface area contributed by atoms with E-state index in [2.05, 4.69) is 20.8 Å². The maximum Gasteiger partial charge on any atom is 0.421 e. The molecule has 5 nitrogen and oxygen atoms in total. The van der Waals surface area contributed by atoms with Gasteiger partial charge in [-0.3, -0.25) is 9.47 Å². The number of ether oxygens (including phenoxy) is 1. The first-order valence-electron chi connectivity index (χ1n) is 6.08. The molecule has 0 fully saturated rings. The first-order chi connectivity index (χ1) is 9.11. The lowest BCUT2D eigenvalue weighted by Crippen LogP contribution is -2.28. The Morgan fingerprint density at radius 1 is 1.47 bits per heavy atom. The molecule has 0 radical (unpaired) electrons. The predicted molar refractivity (Wildman–Crippen MR) is 77.3 cm³/mol. The Morgan fingerprint density at radius 2 is 2.26 bits per heavy atom. The molecule has 0 bridgehead atoms. The molecule has 0 N–H and O–H groups in total. The second-order valence-corrected chi connectivity index (χ2v) is 5.39. The molecule has 0 aliphatic heterocycles. The Bertz CT molecular complexity index is 605. The normalized spacial score (nSPS) is 11.6. The summed E-state index contributed by atoms with van der Waals surface area (Å²) in [5.41, 5.74) is 1.41.